The number of carbonyl (C=O) groups excluding carboxylic acids is 3. The fraction of sp³-hybridized carbons (Fsp3) is 0.192. The van der Waals surface area contributed by atoms with Gasteiger partial charge in [0.1, 0.15) is 16.9 Å². The Morgan fingerprint density at radius 1 is 1.00 bits per heavy atom. The minimum Gasteiger partial charge on any atom is -0.493 e. The Bertz CT molecular complexity index is 1280. The predicted octanol–water partition coefficient (Wildman–Crippen LogP) is 4.06. The molecule has 0 radical (unpaired) electrons. The van der Waals surface area contributed by atoms with E-state index in [-0.39, 0.29) is 35.0 Å². The molecule has 0 aliphatic carbocycles. The Kier molecular flexibility index (Phi) is 7.93. The number of hydrogen-bond donors (Lipinski definition) is 2. The van der Waals surface area contributed by atoms with Crippen LogP contribution in [0.25, 0.3) is 11.6 Å². The Labute approximate surface area is 202 Å². The number of nitrogens with one attached hydrogen (secondary N) is 1. The second-order valence-electron chi connectivity index (χ2n) is 7.31. The van der Waals surface area contributed by atoms with E-state index in [4.69, 9.17) is 24.4 Å². The maximum Gasteiger partial charge on any atom is 0.342 e. The molecule has 0 unspecified atom stereocenters. The summed E-state index contributed by atoms with van der Waals surface area (Å²) in [5, 5.41) is 2.58. The van der Waals surface area contributed by atoms with Gasteiger partial charge in [0, 0.05) is 5.57 Å². The van der Waals surface area contributed by atoms with Crippen LogP contribution in [0.4, 0.5) is 5.88 Å². The molecule has 35 heavy (non-hydrogen) atoms. The number of primary amides is 1. The molecule has 0 saturated carbocycles. The van der Waals surface area contributed by atoms with E-state index >= 15 is 0 Å². The van der Waals surface area contributed by atoms with Gasteiger partial charge in [-0.25, -0.2) is 4.79 Å². The van der Waals surface area contributed by atoms with Crippen LogP contribution >= 0.6 is 0 Å². The average Bonchev–Trinajstić information content (AvgIpc) is 3.18. The molecule has 1 aromatic heterocycles. The number of aryl methyl sites for hydroxylation is 1. The molecule has 0 saturated heterocycles. The van der Waals surface area contributed by atoms with E-state index in [1.165, 1.54) is 21.1 Å². The van der Waals surface area contributed by atoms with Crippen LogP contribution in [0.5, 0.6) is 11.5 Å². The van der Waals surface area contributed by atoms with Gasteiger partial charge in [-0.15, -0.1) is 0 Å². The fourth-order valence-corrected chi connectivity index (χ4v) is 3.49. The molecular formula is C26H26N2O7. The monoisotopic (exact) mass is 478 g/mol. The van der Waals surface area contributed by atoms with Crippen molar-refractivity contribution >= 4 is 35.3 Å². The smallest absolute Gasteiger partial charge is 0.342 e. The van der Waals surface area contributed by atoms with Crippen molar-refractivity contribution in [1.29, 1.82) is 0 Å². The fourth-order valence-electron chi connectivity index (χ4n) is 3.49. The molecule has 2 aromatic carbocycles. The number of esters is 1. The normalized spacial score (nSPS) is 11.0. The lowest BCUT2D eigenvalue weighted by molar-refractivity contribution is -0.111. The summed E-state index contributed by atoms with van der Waals surface area (Å²) in [4.78, 5) is 38.0. The minimum absolute atomic E-state index is 0.0928. The van der Waals surface area contributed by atoms with E-state index in [0.29, 0.717) is 22.6 Å². The van der Waals surface area contributed by atoms with Crippen molar-refractivity contribution in [2.45, 2.75) is 13.8 Å². The summed E-state index contributed by atoms with van der Waals surface area (Å²) in [6.07, 6.45) is 1.65. The Hall–Kier alpha value is -4.53. The number of nitrogens with two attached hydrogens (primary N) is 1. The topological polar surface area (TPSA) is 130 Å². The second kappa shape index (κ2) is 11.1. The first-order chi connectivity index (χ1) is 16.8. The Morgan fingerprint density at radius 2 is 1.69 bits per heavy atom. The summed E-state index contributed by atoms with van der Waals surface area (Å²) in [5.41, 5.74) is 6.66. The third-order valence-corrected chi connectivity index (χ3v) is 5.09. The molecule has 3 rings (SSSR count). The zero-order chi connectivity index (χ0) is 25.5. The first kappa shape index (κ1) is 25.1. The first-order valence-corrected chi connectivity index (χ1v) is 10.7. The molecule has 9 nitrogen and oxygen atoms in total. The van der Waals surface area contributed by atoms with Crippen LogP contribution in [-0.2, 0) is 9.53 Å². The van der Waals surface area contributed by atoms with E-state index in [9.17, 15) is 14.4 Å². The SMILES string of the molecule is CCOC(=O)c1c(C)oc(NC(=O)/C(=C/c2ccc(OC)c(OC)c2)c2ccccc2)c1C(N)=O. The number of ether oxygens (including phenoxy) is 3. The van der Waals surface area contributed by atoms with Crippen molar-refractivity contribution in [2.24, 2.45) is 5.73 Å². The number of rotatable bonds is 9. The van der Waals surface area contributed by atoms with Gasteiger partial charge in [-0.1, -0.05) is 36.4 Å². The van der Waals surface area contributed by atoms with E-state index in [0.717, 1.165) is 0 Å². The minimum atomic E-state index is -0.940. The number of anilines is 1. The van der Waals surface area contributed by atoms with Crippen LogP contribution in [0.2, 0.25) is 0 Å². The van der Waals surface area contributed by atoms with E-state index in [1.807, 2.05) is 6.07 Å². The quantitative estimate of drug-likeness (QED) is 0.269. The number of carbonyl (C=O) groups is 3. The van der Waals surface area contributed by atoms with Gasteiger partial charge in [0.25, 0.3) is 11.8 Å². The van der Waals surface area contributed by atoms with Crippen molar-refractivity contribution in [3.05, 3.63) is 76.5 Å². The molecule has 0 atom stereocenters. The van der Waals surface area contributed by atoms with Crippen molar-refractivity contribution in [3.8, 4) is 11.5 Å². The van der Waals surface area contributed by atoms with E-state index < -0.39 is 17.8 Å². The summed E-state index contributed by atoms with van der Waals surface area (Å²) in [6.45, 7) is 3.20. The highest BCUT2D eigenvalue weighted by Crippen LogP contribution is 2.31. The maximum absolute atomic E-state index is 13.4. The van der Waals surface area contributed by atoms with E-state index in [2.05, 4.69) is 5.32 Å². The highest BCUT2D eigenvalue weighted by molar-refractivity contribution is 6.29. The van der Waals surface area contributed by atoms with Crippen LogP contribution in [0.15, 0.2) is 52.9 Å². The number of hydrogen-bond acceptors (Lipinski definition) is 7. The van der Waals surface area contributed by atoms with Gasteiger partial charge in [-0.05, 0) is 43.2 Å². The predicted molar refractivity (Wildman–Crippen MR) is 130 cm³/mol. The van der Waals surface area contributed by atoms with Crippen LogP contribution in [0, 0.1) is 6.92 Å². The standard InChI is InChI=1S/C26H26N2O7/c1-5-34-26(31)21-15(2)35-25(22(21)23(27)29)28-24(30)18(17-9-7-6-8-10-17)13-16-11-12-19(32-3)20(14-16)33-4/h6-14H,5H2,1-4H3,(H2,27,29)(H,28,30)/b18-13+. The van der Waals surface area contributed by atoms with Gasteiger partial charge in [0.2, 0.25) is 5.88 Å². The Morgan fingerprint density at radius 3 is 2.29 bits per heavy atom. The molecule has 0 aliphatic heterocycles. The van der Waals surface area contributed by atoms with Gasteiger partial charge in [0.05, 0.1) is 20.8 Å². The number of amides is 2. The molecule has 3 N–H and O–H groups in total. The lowest BCUT2D eigenvalue weighted by Gasteiger charge is -2.11. The molecule has 0 fully saturated rings. The van der Waals surface area contributed by atoms with Crippen molar-refractivity contribution in [1.82, 2.24) is 0 Å². The number of methoxy groups -OCH3 is 2. The van der Waals surface area contributed by atoms with Crippen LogP contribution in [0.3, 0.4) is 0 Å². The highest BCUT2D eigenvalue weighted by Gasteiger charge is 2.29. The number of benzene rings is 2. The Balaban J connectivity index is 2.07. The molecule has 9 heteroatoms. The molecule has 1 heterocycles. The van der Waals surface area contributed by atoms with Gasteiger partial charge in [-0.3, -0.25) is 14.9 Å². The lowest BCUT2D eigenvalue weighted by Crippen LogP contribution is -2.20. The maximum atomic E-state index is 13.4. The molecule has 0 spiro atoms. The summed E-state index contributed by atoms with van der Waals surface area (Å²) in [6, 6.07) is 14.1. The van der Waals surface area contributed by atoms with Gasteiger partial charge >= 0.3 is 5.97 Å². The van der Waals surface area contributed by atoms with E-state index in [1.54, 1.807) is 55.5 Å². The summed E-state index contributed by atoms with van der Waals surface area (Å²) < 4.78 is 21.2. The summed E-state index contributed by atoms with van der Waals surface area (Å²) in [7, 11) is 3.05. The molecule has 182 valence electrons. The molecule has 3 aromatic rings. The van der Waals surface area contributed by atoms with Crippen molar-refractivity contribution in [3.63, 3.8) is 0 Å². The third kappa shape index (κ3) is 5.52. The third-order valence-electron chi connectivity index (χ3n) is 5.09. The van der Waals surface area contributed by atoms with Crippen molar-refractivity contribution in [2.75, 3.05) is 26.1 Å². The zero-order valence-electron chi connectivity index (χ0n) is 19.8. The highest BCUT2D eigenvalue weighted by atomic mass is 16.5. The van der Waals surface area contributed by atoms with Crippen LogP contribution < -0.4 is 20.5 Å². The second-order valence-corrected chi connectivity index (χ2v) is 7.31. The van der Waals surface area contributed by atoms with Crippen LogP contribution in [-0.4, -0.2) is 38.6 Å². The average molecular weight is 479 g/mol. The molecular weight excluding hydrogens is 452 g/mol. The number of furan rings is 1. The van der Waals surface area contributed by atoms with Crippen molar-refractivity contribution < 1.29 is 33.0 Å². The van der Waals surface area contributed by atoms with Gasteiger partial charge in [0.15, 0.2) is 11.5 Å². The summed E-state index contributed by atoms with van der Waals surface area (Å²) in [5.74, 6) is -1.41. The van der Waals surface area contributed by atoms with Gasteiger partial charge in [-0.2, -0.15) is 0 Å². The molecule has 0 bridgehead atoms. The molecule has 0 aliphatic rings. The first-order valence-electron chi connectivity index (χ1n) is 10.7. The largest absolute Gasteiger partial charge is 0.493 e. The molecule has 2 amide bonds. The summed E-state index contributed by atoms with van der Waals surface area (Å²) >= 11 is 0. The lowest BCUT2D eigenvalue weighted by atomic mass is 10.0. The van der Waals surface area contributed by atoms with Gasteiger partial charge < -0.3 is 24.4 Å². The zero-order valence-corrected chi connectivity index (χ0v) is 19.8. The van der Waals surface area contributed by atoms with Crippen LogP contribution in [0.1, 0.15) is 44.5 Å².